The summed E-state index contributed by atoms with van der Waals surface area (Å²) in [5, 5.41) is 0. The fourth-order valence-electron chi connectivity index (χ4n) is 3.13. The van der Waals surface area contributed by atoms with Crippen molar-refractivity contribution in [2.75, 3.05) is 13.6 Å². The molecule has 0 aliphatic carbocycles. The lowest BCUT2D eigenvalue weighted by Crippen LogP contribution is -2.34. The highest BCUT2D eigenvalue weighted by molar-refractivity contribution is 4.88. The predicted octanol–water partition coefficient (Wildman–Crippen LogP) is 2.66. The van der Waals surface area contributed by atoms with Crippen LogP contribution >= 0.6 is 0 Å². The van der Waals surface area contributed by atoms with Crippen LogP contribution in [0.15, 0.2) is 0 Å². The Morgan fingerprint density at radius 1 is 1.17 bits per heavy atom. The summed E-state index contributed by atoms with van der Waals surface area (Å²) in [6, 6.07) is 0.911. The molecule has 1 heteroatoms. The van der Waals surface area contributed by atoms with Crippen LogP contribution < -0.4 is 0 Å². The average molecular weight is 167 g/mol. The summed E-state index contributed by atoms with van der Waals surface area (Å²) in [7, 11) is 2.32. The van der Waals surface area contributed by atoms with Crippen molar-refractivity contribution in [2.24, 2.45) is 5.41 Å². The summed E-state index contributed by atoms with van der Waals surface area (Å²) in [6.45, 7) is 3.83. The fourth-order valence-corrected chi connectivity index (χ4v) is 3.13. The second-order valence-electron chi connectivity index (χ2n) is 5.16. The van der Waals surface area contributed by atoms with Gasteiger partial charge in [-0.1, -0.05) is 19.8 Å². The molecule has 0 N–H and O–H groups in total. The standard InChI is InChI=1S/C11H21N/c1-11-7-3-5-10(6-4-8-11)12(2)9-11/h10H,3-9H2,1-2H3. The molecule has 2 saturated heterocycles. The summed E-state index contributed by atoms with van der Waals surface area (Å²) in [4.78, 5) is 2.61. The molecule has 1 nitrogen and oxygen atoms in total. The lowest BCUT2D eigenvalue weighted by molar-refractivity contribution is 0.188. The van der Waals surface area contributed by atoms with Gasteiger partial charge in [-0.15, -0.1) is 0 Å². The molecule has 2 rings (SSSR count). The zero-order valence-electron chi connectivity index (χ0n) is 8.47. The maximum Gasteiger partial charge on any atom is 0.00924 e. The number of hydrogen-bond acceptors (Lipinski definition) is 1. The lowest BCUT2D eigenvalue weighted by atomic mass is 9.80. The van der Waals surface area contributed by atoms with Crippen LogP contribution in [0.5, 0.6) is 0 Å². The molecule has 0 atom stereocenters. The zero-order chi connectivity index (χ0) is 8.60. The first-order valence-electron chi connectivity index (χ1n) is 5.40. The SMILES string of the molecule is CN1CC2(C)CCCC1CCC2. The van der Waals surface area contributed by atoms with E-state index < -0.39 is 0 Å². The molecule has 2 fully saturated rings. The number of nitrogens with zero attached hydrogens (tertiary/aromatic N) is 1. The molecule has 0 aromatic rings. The van der Waals surface area contributed by atoms with Crippen molar-refractivity contribution in [1.82, 2.24) is 4.90 Å². The van der Waals surface area contributed by atoms with E-state index in [1.165, 1.54) is 45.1 Å². The van der Waals surface area contributed by atoms with Gasteiger partial charge in [0.2, 0.25) is 0 Å². The fraction of sp³-hybridized carbons (Fsp3) is 1.00. The Kier molecular flexibility index (Phi) is 2.16. The van der Waals surface area contributed by atoms with Gasteiger partial charge < -0.3 is 4.90 Å². The van der Waals surface area contributed by atoms with Gasteiger partial charge in [0.15, 0.2) is 0 Å². The number of rotatable bonds is 0. The van der Waals surface area contributed by atoms with E-state index in [1.807, 2.05) is 0 Å². The Balaban J connectivity index is 2.17. The van der Waals surface area contributed by atoms with Crippen molar-refractivity contribution in [3.05, 3.63) is 0 Å². The van der Waals surface area contributed by atoms with E-state index in [4.69, 9.17) is 0 Å². The van der Waals surface area contributed by atoms with E-state index in [0.717, 1.165) is 6.04 Å². The highest BCUT2D eigenvalue weighted by atomic mass is 15.1. The topological polar surface area (TPSA) is 3.24 Å². The van der Waals surface area contributed by atoms with Gasteiger partial charge in [0.1, 0.15) is 0 Å². The minimum Gasteiger partial charge on any atom is -0.303 e. The maximum absolute atomic E-state index is 2.61. The van der Waals surface area contributed by atoms with E-state index in [-0.39, 0.29) is 0 Å². The molecule has 0 aromatic carbocycles. The molecule has 2 aliphatic heterocycles. The van der Waals surface area contributed by atoms with Crippen LogP contribution in [-0.2, 0) is 0 Å². The zero-order valence-corrected chi connectivity index (χ0v) is 8.47. The number of hydrogen-bond donors (Lipinski definition) is 0. The highest BCUT2D eigenvalue weighted by Crippen LogP contribution is 2.39. The third-order valence-electron chi connectivity index (χ3n) is 3.89. The third-order valence-corrected chi connectivity index (χ3v) is 3.89. The minimum absolute atomic E-state index is 0.653. The lowest BCUT2D eigenvalue weighted by Gasteiger charge is -2.29. The van der Waals surface area contributed by atoms with E-state index >= 15 is 0 Å². The summed E-state index contributed by atoms with van der Waals surface area (Å²) in [5.41, 5.74) is 0.653. The first kappa shape index (κ1) is 8.55. The summed E-state index contributed by atoms with van der Waals surface area (Å²) in [6.07, 6.45) is 8.76. The van der Waals surface area contributed by atoms with Gasteiger partial charge in [0.25, 0.3) is 0 Å². The second kappa shape index (κ2) is 3.02. The highest BCUT2D eigenvalue weighted by Gasteiger charge is 2.34. The Bertz CT molecular complexity index is 154. The van der Waals surface area contributed by atoms with Gasteiger partial charge >= 0.3 is 0 Å². The molecule has 0 amide bonds. The van der Waals surface area contributed by atoms with Crippen LogP contribution in [0.2, 0.25) is 0 Å². The second-order valence-corrected chi connectivity index (χ2v) is 5.16. The van der Waals surface area contributed by atoms with Gasteiger partial charge in [-0.25, -0.2) is 0 Å². The van der Waals surface area contributed by atoms with E-state index in [1.54, 1.807) is 0 Å². The molecule has 2 heterocycles. The normalized spacial score (nSPS) is 44.0. The Morgan fingerprint density at radius 3 is 2.33 bits per heavy atom. The Hall–Kier alpha value is -0.0400. The van der Waals surface area contributed by atoms with Crippen LogP contribution in [-0.4, -0.2) is 24.5 Å². The van der Waals surface area contributed by atoms with Crippen LogP contribution in [0, 0.1) is 5.41 Å². The van der Waals surface area contributed by atoms with Gasteiger partial charge in [-0.3, -0.25) is 0 Å². The van der Waals surface area contributed by atoms with Crippen LogP contribution in [0.25, 0.3) is 0 Å². The van der Waals surface area contributed by atoms with Crippen molar-refractivity contribution in [3.63, 3.8) is 0 Å². The summed E-state index contributed by atoms with van der Waals surface area (Å²) < 4.78 is 0. The van der Waals surface area contributed by atoms with Crippen LogP contribution in [0.1, 0.15) is 45.4 Å². The minimum atomic E-state index is 0.653. The van der Waals surface area contributed by atoms with E-state index in [2.05, 4.69) is 18.9 Å². The molecule has 12 heavy (non-hydrogen) atoms. The van der Waals surface area contributed by atoms with Gasteiger partial charge in [-0.05, 0) is 38.1 Å². The first-order chi connectivity index (χ1) is 5.70. The van der Waals surface area contributed by atoms with Crippen molar-refractivity contribution >= 4 is 0 Å². The van der Waals surface area contributed by atoms with Crippen LogP contribution in [0.4, 0.5) is 0 Å². The molecule has 2 bridgehead atoms. The first-order valence-corrected chi connectivity index (χ1v) is 5.40. The summed E-state index contributed by atoms with van der Waals surface area (Å²) in [5.74, 6) is 0. The smallest absolute Gasteiger partial charge is 0.00924 e. The van der Waals surface area contributed by atoms with E-state index in [0.29, 0.717) is 5.41 Å². The van der Waals surface area contributed by atoms with Crippen molar-refractivity contribution in [1.29, 1.82) is 0 Å². The summed E-state index contributed by atoms with van der Waals surface area (Å²) >= 11 is 0. The Labute approximate surface area is 76.1 Å². The molecule has 2 aliphatic rings. The Morgan fingerprint density at radius 2 is 1.75 bits per heavy atom. The number of fused-ring (bicyclic) bond motifs is 3. The van der Waals surface area contributed by atoms with Gasteiger partial charge in [0.05, 0.1) is 0 Å². The van der Waals surface area contributed by atoms with Gasteiger partial charge in [0, 0.05) is 12.6 Å². The maximum atomic E-state index is 2.61. The molecule has 0 aromatic heterocycles. The largest absolute Gasteiger partial charge is 0.303 e. The molecule has 70 valence electrons. The monoisotopic (exact) mass is 167 g/mol. The van der Waals surface area contributed by atoms with Crippen molar-refractivity contribution in [2.45, 2.75) is 51.5 Å². The van der Waals surface area contributed by atoms with Crippen molar-refractivity contribution < 1.29 is 0 Å². The quantitative estimate of drug-likeness (QED) is 0.536. The molecule has 0 saturated carbocycles. The predicted molar refractivity (Wildman–Crippen MR) is 52.2 cm³/mol. The third kappa shape index (κ3) is 1.52. The van der Waals surface area contributed by atoms with Crippen LogP contribution in [0.3, 0.4) is 0 Å². The van der Waals surface area contributed by atoms with Gasteiger partial charge in [-0.2, -0.15) is 0 Å². The van der Waals surface area contributed by atoms with Crippen molar-refractivity contribution in [3.8, 4) is 0 Å². The molecule has 0 spiro atoms. The van der Waals surface area contributed by atoms with E-state index in [9.17, 15) is 0 Å². The molecular weight excluding hydrogens is 146 g/mol. The molecular formula is C11H21N. The molecule has 0 unspecified atom stereocenters. The average Bonchev–Trinajstić information content (AvgIpc) is 2.16. The molecule has 0 radical (unpaired) electrons.